The lowest BCUT2D eigenvalue weighted by molar-refractivity contribution is 0.355. The third-order valence-corrected chi connectivity index (χ3v) is 4.57. The number of methoxy groups -OCH3 is 2. The number of aromatic nitrogens is 2. The summed E-state index contributed by atoms with van der Waals surface area (Å²) >= 11 is 0. The van der Waals surface area contributed by atoms with Crippen molar-refractivity contribution in [1.82, 2.24) is 9.97 Å². The number of hydrogen-bond acceptors (Lipinski definition) is 6. The molecule has 6 heteroatoms. The molecule has 0 amide bonds. The van der Waals surface area contributed by atoms with Gasteiger partial charge in [0.25, 0.3) is 0 Å². The van der Waals surface area contributed by atoms with Crippen molar-refractivity contribution < 1.29 is 9.47 Å². The van der Waals surface area contributed by atoms with Crippen molar-refractivity contribution in [2.75, 3.05) is 24.4 Å². The first kappa shape index (κ1) is 20.5. The standard InChI is InChI=1S/C23H28N4O2/c1-16(2)27(15-18-9-7-6-8-10-18)23-24-17(3)13-22(26-23)25-19-11-12-20(28-4)21(14-19)29-5/h6-14,16H,15H2,1-5H3,(H,24,25,26). The highest BCUT2D eigenvalue weighted by Crippen LogP contribution is 2.31. The highest BCUT2D eigenvalue weighted by atomic mass is 16.5. The van der Waals surface area contributed by atoms with Crippen LogP contribution in [0.3, 0.4) is 0 Å². The molecule has 0 radical (unpaired) electrons. The summed E-state index contributed by atoms with van der Waals surface area (Å²) in [5, 5.41) is 3.36. The number of benzene rings is 2. The molecule has 29 heavy (non-hydrogen) atoms. The largest absolute Gasteiger partial charge is 0.493 e. The molecule has 0 spiro atoms. The molecule has 0 bridgehead atoms. The highest BCUT2D eigenvalue weighted by Gasteiger charge is 2.16. The molecule has 152 valence electrons. The molecule has 0 saturated heterocycles. The molecule has 1 aromatic heterocycles. The summed E-state index contributed by atoms with van der Waals surface area (Å²) in [6.07, 6.45) is 0. The average Bonchev–Trinajstić information content (AvgIpc) is 2.72. The van der Waals surface area contributed by atoms with Gasteiger partial charge in [0, 0.05) is 36.1 Å². The molecule has 0 fully saturated rings. The van der Waals surface area contributed by atoms with Crippen LogP contribution in [0, 0.1) is 6.92 Å². The summed E-state index contributed by atoms with van der Waals surface area (Å²) in [7, 11) is 3.25. The van der Waals surface area contributed by atoms with E-state index < -0.39 is 0 Å². The SMILES string of the molecule is COc1ccc(Nc2cc(C)nc(N(Cc3ccccc3)C(C)C)n2)cc1OC. The summed E-state index contributed by atoms with van der Waals surface area (Å²) in [6, 6.07) is 18.2. The smallest absolute Gasteiger partial charge is 0.228 e. The number of anilines is 3. The average molecular weight is 393 g/mol. The predicted octanol–water partition coefficient (Wildman–Crippen LogP) is 4.96. The maximum absolute atomic E-state index is 5.39. The molecule has 2 aromatic carbocycles. The van der Waals surface area contributed by atoms with Gasteiger partial charge in [0.1, 0.15) is 5.82 Å². The first-order valence-corrected chi connectivity index (χ1v) is 9.65. The van der Waals surface area contributed by atoms with Gasteiger partial charge in [-0.1, -0.05) is 30.3 Å². The fourth-order valence-electron chi connectivity index (χ4n) is 3.07. The summed E-state index contributed by atoms with van der Waals surface area (Å²) in [5.74, 6) is 2.79. The minimum Gasteiger partial charge on any atom is -0.493 e. The molecule has 0 aliphatic carbocycles. The van der Waals surface area contributed by atoms with E-state index in [-0.39, 0.29) is 6.04 Å². The van der Waals surface area contributed by atoms with Crippen LogP contribution in [0.1, 0.15) is 25.1 Å². The number of aryl methyl sites for hydroxylation is 1. The van der Waals surface area contributed by atoms with Gasteiger partial charge in [-0.3, -0.25) is 0 Å². The minimum absolute atomic E-state index is 0.255. The van der Waals surface area contributed by atoms with Gasteiger partial charge in [-0.05, 0) is 38.5 Å². The molecular formula is C23H28N4O2. The van der Waals surface area contributed by atoms with Gasteiger partial charge in [0.15, 0.2) is 11.5 Å². The van der Waals surface area contributed by atoms with Gasteiger partial charge < -0.3 is 19.7 Å². The van der Waals surface area contributed by atoms with Crippen LogP contribution in [0.15, 0.2) is 54.6 Å². The van der Waals surface area contributed by atoms with Gasteiger partial charge in [-0.15, -0.1) is 0 Å². The lowest BCUT2D eigenvalue weighted by Gasteiger charge is -2.27. The molecular weight excluding hydrogens is 364 g/mol. The third-order valence-electron chi connectivity index (χ3n) is 4.57. The molecule has 6 nitrogen and oxygen atoms in total. The normalized spacial score (nSPS) is 10.7. The second-order valence-corrected chi connectivity index (χ2v) is 7.10. The minimum atomic E-state index is 0.255. The van der Waals surface area contributed by atoms with E-state index in [9.17, 15) is 0 Å². The van der Waals surface area contributed by atoms with Crippen molar-refractivity contribution in [3.8, 4) is 11.5 Å². The monoisotopic (exact) mass is 392 g/mol. The van der Waals surface area contributed by atoms with E-state index in [0.29, 0.717) is 17.4 Å². The highest BCUT2D eigenvalue weighted by molar-refractivity contribution is 5.62. The topological polar surface area (TPSA) is 59.5 Å². The van der Waals surface area contributed by atoms with E-state index >= 15 is 0 Å². The number of nitrogens with one attached hydrogen (secondary N) is 1. The van der Waals surface area contributed by atoms with E-state index in [2.05, 4.69) is 53.3 Å². The zero-order valence-corrected chi connectivity index (χ0v) is 17.6. The molecule has 3 rings (SSSR count). The summed E-state index contributed by atoms with van der Waals surface area (Å²) in [4.78, 5) is 11.7. The number of hydrogen-bond donors (Lipinski definition) is 1. The Morgan fingerprint density at radius 1 is 0.931 bits per heavy atom. The van der Waals surface area contributed by atoms with Gasteiger partial charge in [0.05, 0.1) is 14.2 Å². The van der Waals surface area contributed by atoms with Crippen LogP contribution in [0.5, 0.6) is 11.5 Å². The van der Waals surface area contributed by atoms with Crippen LogP contribution in [0.2, 0.25) is 0 Å². The number of rotatable bonds is 8. The van der Waals surface area contributed by atoms with Crippen LogP contribution in [0.25, 0.3) is 0 Å². The molecule has 0 unspecified atom stereocenters. The van der Waals surface area contributed by atoms with Crippen molar-refractivity contribution >= 4 is 17.5 Å². The van der Waals surface area contributed by atoms with Crippen LogP contribution in [0.4, 0.5) is 17.5 Å². The Kier molecular flexibility index (Phi) is 6.54. The summed E-state index contributed by atoms with van der Waals surface area (Å²) in [6.45, 7) is 7.02. The second kappa shape index (κ2) is 9.28. The van der Waals surface area contributed by atoms with Crippen molar-refractivity contribution in [2.45, 2.75) is 33.4 Å². The van der Waals surface area contributed by atoms with E-state index in [1.165, 1.54) is 5.56 Å². The van der Waals surface area contributed by atoms with Crippen molar-refractivity contribution in [1.29, 1.82) is 0 Å². The quantitative estimate of drug-likeness (QED) is 0.585. The van der Waals surface area contributed by atoms with Crippen molar-refractivity contribution in [3.05, 3.63) is 65.9 Å². The Hall–Kier alpha value is -3.28. The Morgan fingerprint density at radius 3 is 2.31 bits per heavy atom. The van der Waals surface area contributed by atoms with Crippen molar-refractivity contribution in [3.63, 3.8) is 0 Å². The van der Waals surface area contributed by atoms with E-state index in [1.54, 1.807) is 14.2 Å². The zero-order valence-electron chi connectivity index (χ0n) is 17.6. The molecule has 3 aromatic rings. The molecule has 0 atom stereocenters. The first-order chi connectivity index (χ1) is 14.0. The van der Waals surface area contributed by atoms with Crippen molar-refractivity contribution in [2.24, 2.45) is 0 Å². The van der Waals surface area contributed by atoms with E-state index in [1.807, 2.05) is 37.3 Å². The Morgan fingerprint density at radius 2 is 1.66 bits per heavy atom. The first-order valence-electron chi connectivity index (χ1n) is 9.65. The third kappa shape index (κ3) is 5.16. The molecule has 0 aliphatic heterocycles. The van der Waals surface area contributed by atoms with Crippen LogP contribution >= 0.6 is 0 Å². The Balaban J connectivity index is 1.88. The Labute approximate surface area is 172 Å². The molecule has 1 N–H and O–H groups in total. The van der Waals surface area contributed by atoms with Crippen LogP contribution in [-0.2, 0) is 6.54 Å². The summed E-state index contributed by atoms with van der Waals surface area (Å²) < 4.78 is 10.7. The molecule has 0 aliphatic rings. The molecule has 0 saturated carbocycles. The Bertz CT molecular complexity index is 945. The second-order valence-electron chi connectivity index (χ2n) is 7.10. The van der Waals surface area contributed by atoms with E-state index in [4.69, 9.17) is 14.5 Å². The van der Waals surface area contributed by atoms with Gasteiger partial charge in [0.2, 0.25) is 5.95 Å². The van der Waals surface area contributed by atoms with Crippen LogP contribution < -0.4 is 19.7 Å². The maximum atomic E-state index is 5.39. The lowest BCUT2D eigenvalue weighted by Crippen LogP contribution is -2.32. The summed E-state index contributed by atoms with van der Waals surface area (Å²) in [5.41, 5.74) is 2.99. The molecule has 1 heterocycles. The van der Waals surface area contributed by atoms with Gasteiger partial charge in [-0.2, -0.15) is 4.98 Å². The van der Waals surface area contributed by atoms with Gasteiger partial charge >= 0.3 is 0 Å². The predicted molar refractivity (Wildman–Crippen MR) is 117 cm³/mol. The fraction of sp³-hybridized carbons (Fsp3) is 0.304. The van der Waals surface area contributed by atoms with Gasteiger partial charge in [-0.25, -0.2) is 4.98 Å². The maximum Gasteiger partial charge on any atom is 0.228 e. The number of ether oxygens (including phenoxy) is 2. The number of nitrogens with zero attached hydrogens (tertiary/aromatic N) is 3. The van der Waals surface area contributed by atoms with E-state index in [0.717, 1.165) is 23.7 Å². The zero-order chi connectivity index (χ0) is 20.8. The van der Waals surface area contributed by atoms with Crippen LogP contribution in [-0.4, -0.2) is 30.2 Å². The fourth-order valence-corrected chi connectivity index (χ4v) is 3.07. The lowest BCUT2D eigenvalue weighted by atomic mass is 10.2.